The van der Waals surface area contributed by atoms with Crippen LogP contribution in [-0.2, 0) is 49.6 Å². The molecule has 6 N–H and O–H groups in total. The summed E-state index contributed by atoms with van der Waals surface area (Å²) in [6.45, 7) is 2.46. The number of nitriles is 1. The van der Waals surface area contributed by atoms with Gasteiger partial charge in [-0.25, -0.2) is 8.78 Å². The second-order valence-corrected chi connectivity index (χ2v) is 27.0. The normalized spacial score (nSPS) is 19.2. The number of aliphatic carboxylic acids is 3. The molecule has 95 heavy (non-hydrogen) atoms. The van der Waals surface area contributed by atoms with Crippen LogP contribution in [0.3, 0.4) is 0 Å². The number of amides is 7. The number of aromatic nitrogens is 1. The zero-order valence-corrected chi connectivity index (χ0v) is 56.3. The lowest BCUT2D eigenvalue weighted by Crippen LogP contribution is -2.52. The molecule has 0 bridgehead atoms. The van der Waals surface area contributed by atoms with Gasteiger partial charge in [0.25, 0.3) is 11.8 Å². The Kier molecular flexibility index (Phi) is 30.0. The lowest BCUT2D eigenvalue weighted by Gasteiger charge is -2.35. The van der Waals surface area contributed by atoms with Gasteiger partial charge in [-0.15, -0.1) is 11.8 Å². The van der Waals surface area contributed by atoms with Crippen molar-refractivity contribution >= 4 is 105 Å². The first-order chi connectivity index (χ1) is 45.5. The molecule has 5 heterocycles. The zero-order valence-electron chi connectivity index (χ0n) is 53.3. The van der Waals surface area contributed by atoms with E-state index in [1.165, 1.54) is 29.6 Å². The maximum Gasteiger partial charge on any atom is 0.317 e. The molecule has 2 aromatic carbocycles. The quantitative estimate of drug-likeness (QED) is 0.0289. The highest BCUT2D eigenvalue weighted by Gasteiger charge is 2.47. The topological polar surface area (TPSA) is 339 Å². The summed E-state index contributed by atoms with van der Waals surface area (Å²) < 4.78 is 35.0. The van der Waals surface area contributed by atoms with Crippen molar-refractivity contribution in [1.82, 2.24) is 60.1 Å². The Hall–Kier alpha value is -7.22. The van der Waals surface area contributed by atoms with Crippen molar-refractivity contribution in [3.63, 3.8) is 0 Å². The Bertz CT molecular complexity index is 3170. The van der Waals surface area contributed by atoms with Gasteiger partial charge >= 0.3 is 17.9 Å². The van der Waals surface area contributed by atoms with Gasteiger partial charge in [0.2, 0.25) is 35.4 Å². The number of ether oxygens (including phenoxy) is 1. The Morgan fingerprint density at radius 2 is 1.33 bits per heavy atom. The zero-order chi connectivity index (χ0) is 68.4. The second-order valence-electron chi connectivity index (χ2n) is 24.3. The standard InChI is InChI=1S/C64H86F2IN13O14S/c65-64(66)35-47(36-68)80(44-64)57(84)38-72-62(92)50-16-18-69-52-15-14-48(33-51(50)52)94-32-5-4-19-73-28-30-78(31-29-73)58(85)40-79-56(83)34-53(63(79)93)95-49(8-2-1-3-17-70-54(81)9-6-7-45-10-12-46(67)13-11-45)37-71-55(82)39-74-20-22-75(41-59(86)87)24-26-77(43-61(90)91)27-25-76(23-21-74)42-60(88)89/h10-16,18,33,47,49,53H,1-9,17,19-32,34-35,37-44H2,(H,70,81)(H,71,82)(H,72,92)(H,86,87)(H,88,89)(H,90,91)/t47-,49?,53?/m1/s1. The summed E-state index contributed by atoms with van der Waals surface area (Å²) in [6.07, 6.45) is 6.52. The number of carbonyl (C=O) groups is 10. The van der Waals surface area contributed by atoms with Crippen LogP contribution in [0.25, 0.3) is 10.9 Å². The molecule has 1 aromatic heterocycles. The van der Waals surface area contributed by atoms with E-state index in [0.717, 1.165) is 32.6 Å². The van der Waals surface area contributed by atoms with Crippen LogP contribution in [0.2, 0.25) is 0 Å². The number of hydrogen-bond donors (Lipinski definition) is 6. The van der Waals surface area contributed by atoms with Gasteiger partial charge in [0.15, 0.2) is 0 Å². The second kappa shape index (κ2) is 37.9. The number of fused-ring (bicyclic) bond motifs is 1. The monoisotopic (exact) mass is 1460 g/mol. The fourth-order valence-electron chi connectivity index (χ4n) is 11.8. The van der Waals surface area contributed by atoms with Crippen LogP contribution in [0.15, 0.2) is 54.7 Å². The van der Waals surface area contributed by atoms with Crippen molar-refractivity contribution in [1.29, 1.82) is 5.26 Å². The average molecular weight is 1460 g/mol. The average Bonchev–Trinajstić information content (AvgIpc) is 1.81. The highest BCUT2D eigenvalue weighted by atomic mass is 127. The largest absolute Gasteiger partial charge is 0.494 e. The number of alkyl halides is 2. The SMILES string of the molecule is N#C[C@H]1CC(F)(F)CN1C(=O)CNC(=O)c1ccnc2ccc(OCCCCN3CCN(C(=O)CN4C(=O)CC(SC(CCCCCNC(=O)CCCc5ccc(I)cc5)CNC(=O)CN5CCN(CC(=O)O)CCN(CC(=O)O)CCN(CC(=O)O)CC5)C4=O)CC3)cc12. The highest BCUT2D eigenvalue weighted by molar-refractivity contribution is 14.1. The van der Waals surface area contributed by atoms with Gasteiger partial charge in [0.1, 0.15) is 18.3 Å². The number of benzene rings is 2. The van der Waals surface area contributed by atoms with Gasteiger partial charge in [-0.3, -0.25) is 82.3 Å². The molecule has 0 aliphatic carbocycles. The van der Waals surface area contributed by atoms with Gasteiger partial charge in [-0.2, -0.15) is 5.26 Å². The molecule has 0 spiro atoms. The third kappa shape index (κ3) is 25.4. The molecule has 3 atom stereocenters. The van der Waals surface area contributed by atoms with E-state index >= 15 is 0 Å². The molecule has 0 radical (unpaired) electrons. The molecule has 518 valence electrons. The molecule has 4 fully saturated rings. The third-order valence-corrected chi connectivity index (χ3v) is 19.2. The number of pyridine rings is 1. The van der Waals surface area contributed by atoms with Crippen molar-refractivity contribution in [3.05, 3.63) is 69.4 Å². The van der Waals surface area contributed by atoms with Crippen LogP contribution in [0.1, 0.15) is 80.1 Å². The minimum atomic E-state index is -3.19. The molecule has 4 aliphatic heterocycles. The summed E-state index contributed by atoms with van der Waals surface area (Å²) in [5.74, 6) is -9.06. The highest BCUT2D eigenvalue weighted by Crippen LogP contribution is 2.33. The smallest absolute Gasteiger partial charge is 0.317 e. The van der Waals surface area contributed by atoms with Gasteiger partial charge in [0.05, 0.1) is 68.3 Å². The fraction of sp³-hybridized carbons (Fsp3) is 0.594. The van der Waals surface area contributed by atoms with Crippen molar-refractivity contribution in [2.75, 3.05) is 151 Å². The summed E-state index contributed by atoms with van der Waals surface area (Å²) in [5.41, 5.74) is 1.85. The number of thioether (sulfide) groups is 1. The van der Waals surface area contributed by atoms with Crippen LogP contribution in [0.4, 0.5) is 8.78 Å². The Morgan fingerprint density at radius 3 is 1.95 bits per heavy atom. The molecule has 0 saturated carbocycles. The van der Waals surface area contributed by atoms with E-state index in [-0.39, 0.29) is 120 Å². The minimum absolute atomic E-state index is 0.0308. The van der Waals surface area contributed by atoms with Gasteiger partial charge in [-0.05, 0) is 110 Å². The maximum atomic E-state index is 14.1. The molecule has 31 heteroatoms. The number of nitrogens with one attached hydrogen (secondary N) is 3. The number of imide groups is 1. The van der Waals surface area contributed by atoms with E-state index in [1.54, 1.807) is 43.9 Å². The number of unbranched alkanes of at least 4 members (excludes halogenated alkanes) is 3. The van der Waals surface area contributed by atoms with Gasteiger partial charge in [-0.1, -0.05) is 25.0 Å². The van der Waals surface area contributed by atoms with Crippen molar-refractivity contribution in [2.24, 2.45) is 0 Å². The van der Waals surface area contributed by atoms with Crippen LogP contribution in [-0.4, -0.2) is 292 Å². The minimum Gasteiger partial charge on any atom is -0.494 e. The Balaban J connectivity index is 0.868. The van der Waals surface area contributed by atoms with Crippen molar-refractivity contribution in [2.45, 2.75) is 93.1 Å². The molecular formula is C64H86F2IN13O14S. The third-order valence-electron chi connectivity index (χ3n) is 17.0. The molecule has 7 rings (SSSR count). The van der Waals surface area contributed by atoms with Crippen molar-refractivity contribution in [3.8, 4) is 11.8 Å². The lowest BCUT2D eigenvalue weighted by atomic mass is 10.1. The number of likely N-dealkylation sites (tertiary alicyclic amines) is 2. The summed E-state index contributed by atoms with van der Waals surface area (Å²) in [7, 11) is 0. The van der Waals surface area contributed by atoms with Crippen LogP contribution < -0.4 is 20.7 Å². The predicted octanol–water partition coefficient (Wildman–Crippen LogP) is 2.15. The molecule has 27 nitrogen and oxygen atoms in total. The molecule has 7 amide bonds. The Morgan fingerprint density at radius 1 is 0.705 bits per heavy atom. The number of piperazine rings is 1. The van der Waals surface area contributed by atoms with Gasteiger partial charge < -0.3 is 45.8 Å². The van der Waals surface area contributed by atoms with E-state index in [2.05, 4.69) is 60.6 Å². The number of carbonyl (C=O) groups excluding carboxylic acids is 7. The molecule has 3 aromatic rings. The predicted molar refractivity (Wildman–Crippen MR) is 354 cm³/mol. The molecular weight excluding hydrogens is 1370 g/mol. The summed E-state index contributed by atoms with van der Waals surface area (Å²) in [4.78, 5) is 146. The van der Waals surface area contributed by atoms with Crippen LogP contribution in [0.5, 0.6) is 5.75 Å². The number of rotatable bonds is 33. The van der Waals surface area contributed by atoms with Gasteiger partial charge in [0, 0.05) is 131 Å². The number of hydrogen-bond acceptors (Lipinski definition) is 19. The van der Waals surface area contributed by atoms with Crippen LogP contribution in [0, 0.1) is 14.9 Å². The molecule has 4 aliphatic rings. The van der Waals surface area contributed by atoms with Crippen molar-refractivity contribution < 1.29 is 76.8 Å². The lowest BCUT2D eigenvalue weighted by molar-refractivity contribution is -0.146. The van der Waals surface area contributed by atoms with E-state index in [0.29, 0.717) is 101 Å². The number of carboxylic acids is 3. The Labute approximate surface area is 568 Å². The fourth-order valence-corrected chi connectivity index (χ4v) is 13.6. The van der Waals surface area contributed by atoms with E-state index in [9.17, 15) is 77.3 Å². The summed E-state index contributed by atoms with van der Waals surface area (Å²) in [6, 6.07) is 15.2. The first-order valence-electron chi connectivity index (χ1n) is 32.2. The molecule has 4 saturated heterocycles. The number of aryl methyl sites for hydroxylation is 1. The van der Waals surface area contributed by atoms with Crippen LogP contribution >= 0.6 is 34.4 Å². The number of halogens is 3. The summed E-state index contributed by atoms with van der Waals surface area (Å²) in [5, 5.41) is 46.0. The number of carboxylic acid groups (broad SMARTS) is 3. The maximum absolute atomic E-state index is 14.1. The molecule has 2 unspecified atom stereocenters. The first kappa shape index (κ1) is 75.2. The van der Waals surface area contributed by atoms with E-state index < -0.39 is 84.8 Å². The first-order valence-corrected chi connectivity index (χ1v) is 34.2. The van der Waals surface area contributed by atoms with E-state index in [4.69, 9.17) is 4.74 Å². The summed E-state index contributed by atoms with van der Waals surface area (Å²) >= 11 is 3.53. The number of nitrogens with zero attached hydrogens (tertiary/aromatic N) is 10. The van der Waals surface area contributed by atoms with E-state index in [1.807, 2.05) is 17.0 Å².